The van der Waals surface area contributed by atoms with Gasteiger partial charge in [-0.25, -0.2) is 5.84 Å². The number of nitrogens with two attached hydrogens (primary N) is 1. The molecule has 1 aliphatic rings. The van der Waals surface area contributed by atoms with Gasteiger partial charge >= 0.3 is 0 Å². The van der Waals surface area contributed by atoms with E-state index in [4.69, 9.17) is 10.6 Å². The number of rotatable bonds is 7. The van der Waals surface area contributed by atoms with Crippen LogP contribution in [0.4, 0.5) is 0 Å². The molecule has 1 fully saturated rings. The quantitative estimate of drug-likeness (QED) is 0.305. The van der Waals surface area contributed by atoms with Gasteiger partial charge in [-0.1, -0.05) is 24.3 Å². The molecule has 3 rings (SSSR count). The van der Waals surface area contributed by atoms with E-state index in [1.807, 2.05) is 36.4 Å². The van der Waals surface area contributed by atoms with Gasteiger partial charge < -0.3 is 15.0 Å². The summed E-state index contributed by atoms with van der Waals surface area (Å²) in [4.78, 5) is 13.9. The molecule has 1 aliphatic heterocycles. The van der Waals surface area contributed by atoms with Crippen LogP contribution in [0.25, 0.3) is 11.1 Å². The summed E-state index contributed by atoms with van der Waals surface area (Å²) in [6.45, 7) is 6.23. The van der Waals surface area contributed by atoms with E-state index in [0.29, 0.717) is 5.56 Å². The summed E-state index contributed by atoms with van der Waals surface area (Å²) in [6.07, 6.45) is 1.03. The SMILES string of the molecule is NNC(=O)c1ccc(-c2ccc(OCCCN3CCNCC3)cc2)cc1. The molecule has 0 saturated carbocycles. The Bertz CT molecular complexity index is 695. The minimum atomic E-state index is -0.291. The third kappa shape index (κ3) is 5.05. The molecule has 138 valence electrons. The normalized spacial score (nSPS) is 14.8. The predicted octanol–water partition coefficient (Wildman–Crippen LogP) is 1.63. The van der Waals surface area contributed by atoms with Crippen molar-refractivity contribution < 1.29 is 9.53 Å². The molecule has 4 N–H and O–H groups in total. The molecule has 6 heteroatoms. The number of carbonyl (C=O) groups excluding carboxylic acids is 1. The standard InChI is InChI=1S/C20H26N4O2/c21-23-20(25)18-4-2-16(3-5-18)17-6-8-19(9-7-17)26-15-1-12-24-13-10-22-11-14-24/h2-9,22H,1,10-15,21H2,(H,23,25). The second kappa shape index (κ2) is 9.33. The monoisotopic (exact) mass is 354 g/mol. The van der Waals surface area contributed by atoms with Crippen molar-refractivity contribution in [3.63, 3.8) is 0 Å². The second-order valence-corrected chi connectivity index (χ2v) is 6.37. The average Bonchev–Trinajstić information content (AvgIpc) is 2.72. The number of piperazine rings is 1. The molecule has 0 atom stereocenters. The minimum Gasteiger partial charge on any atom is -0.494 e. The van der Waals surface area contributed by atoms with Crippen LogP contribution in [-0.4, -0.2) is 50.1 Å². The van der Waals surface area contributed by atoms with Crippen LogP contribution < -0.4 is 21.3 Å². The molecule has 1 heterocycles. The number of nitrogen functional groups attached to an aromatic ring is 1. The van der Waals surface area contributed by atoms with Crippen LogP contribution in [0.5, 0.6) is 5.75 Å². The lowest BCUT2D eigenvalue weighted by molar-refractivity contribution is 0.0953. The van der Waals surface area contributed by atoms with Gasteiger partial charge in [-0.2, -0.15) is 0 Å². The van der Waals surface area contributed by atoms with Gasteiger partial charge in [-0.05, 0) is 41.8 Å². The molecule has 1 amide bonds. The first-order chi connectivity index (χ1) is 12.8. The van der Waals surface area contributed by atoms with Crippen molar-refractivity contribution in [3.05, 3.63) is 54.1 Å². The Morgan fingerprint density at radius 2 is 1.65 bits per heavy atom. The Morgan fingerprint density at radius 1 is 1.04 bits per heavy atom. The molecular weight excluding hydrogens is 328 g/mol. The fourth-order valence-corrected chi connectivity index (χ4v) is 3.05. The van der Waals surface area contributed by atoms with Crippen LogP contribution >= 0.6 is 0 Å². The fraction of sp³-hybridized carbons (Fsp3) is 0.350. The zero-order chi connectivity index (χ0) is 18.2. The molecule has 0 radical (unpaired) electrons. The number of nitrogens with zero attached hydrogens (tertiary/aromatic N) is 1. The molecule has 0 aliphatic carbocycles. The Hall–Kier alpha value is -2.41. The van der Waals surface area contributed by atoms with Gasteiger partial charge in [-0.15, -0.1) is 0 Å². The molecule has 26 heavy (non-hydrogen) atoms. The number of nitrogens with one attached hydrogen (secondary N) is 2. The topological polar surface area (TPSA) is 79.6 Å². The highest BCUT2D eigenvalue weighted by Gasteiger charge is 2.08. The van der Waals surface area contributed by atoms with E-state index in [1.54, 1.807) is 12.1 Å². The summed E-state index contributed by atoms with van der Waals surface area (Å²) in [5, 5.41) is 3.36. The molecule has 0 bridgehead atoms. The summed E-state index contributed by atoms with van der Waals surface area (Å²) in [7, 11) is 0. The van der Waals surface area contributed by atoms with E-state index < -0.39 is 0 Å². The molecule has 0 unspecified atom stereocenters. The number of hydrazine groups is 1. The van der Waals surface area contributed by atoms with E-state index in [9.17, 15) is 4.79 Å². The maximum atomic E-state index is 11.5. The van der Waals surface area contributed by atoms with Crippen molar-refractivity contribution in [2.75, 3.05) is 39.3 Å². The van der Waals surface area contributed by atoms with Gasteiger partial charge in [0, 0.05) is 38.3 Å². The van der Waals surface area contributed by atoms with Gasteiger partial charge in [0.05, 0.1) is 6.61 Å². The lowest BCUT2D eigenvalue weighted by Crippen LogP contribution is -2.43. The van der Waals surface area contributed by atoms with Crippen LogP contribution in [-0.2, 0) is 0 Å². The van der Waals surface area contributed by atoms with E-state index >= 15 is 0 Å². The lowest BCUT2D eigenvalue weighted by Gasteiger charge is -2.26. The van der Waals surface area contributed by atoms with Crippen molar-refractivity contribution in [2.45, 2.75) is 6.42 Å². The van der Waals surface area contributed by atoms with E-state index in [2.05, 4.69) is 15.6 Å². The van der Waals surface area contributed by atoms with E-state index in [0.717, 1.165) is 62.6 Å². The summed E-state index contributed by atoms with van der Waals surface area (Å²) >= 11 is 0. The van der Waals surface area contributed by atoms with Crippen molar-refractivity contribution >= 4 is 5.91 Å². The summed E-state index contributed by atoms with van der Waals surface area (Å²) in [5.74, 6) is 5.74. The number of hydrogen-bond donors (Lipinski definition) is 3. The summed E-state index contributed by atoms with van der Waals surface area (Å²) in [6, 6.07) is 15.4. The van der Waals surface area contributed by atoms with Crippen LogP contribution in [0.2, 0.25) is 0 Å². The van der Waals surface area contributed by atoms with Gasteiger partial charge in [0.15, 0.2) is 0 Å². The average molecular weight is 354 g/mol. The first-order valence-corrected chi connectivity index (χ1v) is 9.03. The third-order valence-electron chi connectivity index (χ3n) is 4.56. The van der Waals surface area contributed by atoms with Crippen LogP contribution in [0, 0.1) is 0 Å². The predicted molar refractivity (Wildman–Crippen MR) is 103 cm³/mol. The molecule has 0 aromatic heterocycles. The van der Waals surface area contributed by atoms with Gasteiger partial charge in [0.1, 0.15) is 5.75 Å². The molecule has 1 saturated heterocycles. The highest BCUT2D eigenvalue weighted by atomic mass is 16.5. The zero-order valence-corrected chi connectivity index (χ0v) is 14.9. The number of hydrogen-bond acceptors (Lipinski definition) is 5. The Labute approximate surface area is 154 Å². The molecule has 2 aromatic carbocycles. The maximum absolute atomic E-state index is 11.5. The van der Waals surface area contributed by atoms with Crippen molar-refractivity contribution in [1.82, 2.24) is 15.6 Å². The maximum Gasteiger partial charge on any atom is 0.265 e. The Kier molecular flexibility index (Phi) is 6.60. The Balaban J connectivity index is 1.47. The highest BCUT2D eigenvalue weighted by molar-refractivity contribution is 5.94. The van der Waals surface area contributed by atoms with E-state index in [1.165, 1.54) is 0 Å². The van der Waals surface area contributed by atoms with Gasteiger partial charge in [-0.3, -0.25) is 10.2 Å². The number of carbonyl (C=O) groups is 1. The van der Waals surface area contributed by atoms with Crippen molar-refractivity contribution in [1.29, 1.82) is 0 Å². The van der Waals surface area contributed by atoms with Crippen LogP contribution in [0.15, 0.2) is 48.5 Å². The molecule has 2 aromatic rings. The number of ether oxygens (including phenoxy) is 1. The fourth-order valence-electron chi connectivity index (χ4n) is 3.05. The van der Waals surface area contributed by atoms with Gasteiger partial charge in [0.2, 0.25) is 0 Å². The van der Waals surface area contributed by atoms with Crippen LogP contribution in [0.3, 0.4) is 0 Å². The first-order valence-electron chi connectivity index (χ1n) is 9.03. The number of amides is 1. The molecule has 6 nitrogen and oxygen atoms in total. The minimum absolute atomic E-state index is 0.291. The first kappa shape index (κ1) is 18.4. The third-order valence-corrected chi connectivity index (χ3v) is 4.56. The smallest absolute Gasteiger partial charge is 0.265 e. The summed E-state index contributed by atoms with van der Waals surface area (Å²) in [5.41, 5.74) is 4.80. The van der Waals surface area contributed by atoms with Crippen LogP contribution in [0.1, 0.15) is 16.8 Å². The Morgan fingerprint density at radius 3 is 2.27 bits per heavy atom. The second-order valence-electron chi connectivity index (χ2n) is 6.37. The van der Waals surface area contributed by atoms with Crippen molar-refractivity contribution in [2.24, 2.45) is 5.84 Å². The lowest BCUT2D eigenvalue weighted by atomic mass is 10.0. The van der Waals surface area contributed by atoms with E-state index in [-0.39, 0.29) is 5.91 Å². The summed E-state index contributed by atoms with van der Waals surface area (Å²) < 4.78 is 5.84. The number of benzene rings is 2. The zero-order valence-electron chi connectivity index (χ0n) is 14.9. The van der Waals surface area contributed by atoms with Gasteiger partial charge in [0.25, 0.3) is 5.91 Å². The molecule has 0 spiro atoms. The van der Waals surface area contributed by atoms with Crippen molar-refractivity contribution in [3.8, 4) is 16.9 Å². The largest absolute Gasteiger partial charge is 0.494 e. The molecular formula is C20H26N4O2. The highest BCUT2D eigenvalue weighted by Crippen LogP contribution is 2.23.